The summed E-state index contributed by atoms with van der Waals surface area (Å²) in [6.45, 7) is 8.90. The molecular formula is C24H31BrN2O4. The minimum absolute atomic E-state index is 0.194. The molecule has 0 spiro atoms. The van der Waals surface area contributed by atoms with Crippen molar-refractivity contribution in [2.75, 3.05) is 13.2 Å². The first-order chi connectivity index (χ1) is 14.8. The Kier molecular flexibility index (Phi) is 9.85. The van der Waals surface area contributed by atoms with Crippen molar-refractivity contribution < 1.29 is 19.1 Å². The summed E-state index contributed by atoms with van der Waals surface area (Å²) in [6.07, 6.45) is 1.92. The highest BCUT2D eigenvalue weighted by Gasteiger charge is 2.13. The third-order valence-corrected chi connectivity index (χ3v) is 5.50. The van der Waals surface area contributed by atoms with Gasteiger partial charge in [0.25, 0.3) is 11.8 Å². The van der Waals surface area contributed by atoms with Gasteiger partial charge in [0.2, 0.25) is 0 Å². The maximum absolute atomic E-state index is 12.3. The van der Waals surface area contributed by atoms with Gasteiger partial charge >= 0.3 is 0 Å². The molecule has 0 aromatic heterocycles. The Bertz CT molecular complexity index is 886. The van der Waals surface area contributed by atoms with Crippen molar-refractivity contribution in [2.24, 2.45) is 5.92 Å². The van der Waals surface area contributed by atoms with Gasteiger partial charge in [-0.2, -0.15) is 0 Å². The van der Waals surface area contributed by atoms with Crippen molar-refractivity contribution >= 4 is 27.7 Å². The van der Waals surface area contributed by atoms with E-state index in [-0.39, 0.29) is 6.61 Å². The summed E-state index contributed by atoms with van der Waals surface area (Å²) in [7, 11) is 0. The van der Waals surface area contributed by atoms with E-state index in [1.54, 1.807) is 18.2 Å². The lowest BCUT2D eigenvalue weighted by Gasteiger charge is -2.15. The molecule has 2 aromatic carbocycles. The Morgan fingerprint density at radius 3 is 2.42 bits per heavy atom. The molecule has 2 aromatic rings. The van der Waals surface area contributed by atoms with E-state index < -0.39 is 11.8 Å². The number of para-hydroxylation sites is 1. The van der Waals surface area contributed by atoms with Crippen LogP contribution in [0.15, 0.2) is 46.9 Å². The smallest absolute Gasteiger partial charge is 0.276 e. The van der Waals surface area contributed by atoms with E-state index in [9.17, 15) is 9.59 Å². The van der Waals surface area contributed by atoms with Crippen molar-refractivity contribution in [2.45, 2.75) is 46.5 Å². The topological polar surface area (TPSA) is 76.7 Å². The number of benzene rings is 2. The number of rotatable bonds is 10. The molecule has 1 atom stereocenters. The van der Waals surface area contributed by atoms with Gasteiger partial charge in [-0.3, -0.25) is 20.4 Å². The highest BCUT2D eigenvalue weighted by molar-refractivity contribution is 9.10. The molecule has 0 aliphatic heterocycles. The fourth-order valence-corrected chi connectivity index (χ4v) is 3.27. The molecule has 2 amide bonds. The Balaban J connectivity index is 1.84. The van der Waals surface area contributed by atoms with E-state index in [2.05, 4.69) is 54.5 Å². The van der Waals surface area contributed by atoms with E-state index >= 15 is 0 Å². The predicted octanol–water partition coefficient (Wildman–Crippen LogP) is 5.23. The van der Waals surface area contributed by atoms with Gasteiger partial charge in [0.15, 0.2) is 6.61 Å². The first-order valence-corrected chi connectivity index (χ1v) is 11.3. The Labute approximate surface area is 192 Å². The summed E-state index contributed by atoms with van der Waals surface area (Å²) in [6, 6.07) is 12.7. The minimum Gasteiger partial charge on any atom is -0.492 e. The quantitative estimate of drug-likeness (QED) is 0.447. The van der Waals surface area contributed by atoms with Crippen LogP contribution in [0.2, 0.25) is 0 Å². The average molecular weight is 491 g/mol. The zero-order valence-electron chi connectivity index (χ0n) is 18.5. The van der Waals surface area contributed by atoms with Crippen LogP contribution in [-0.4, -0.2) is 25.0 Å². The molecule has 2 rings (SSSR count). The molecule has 6 nitrogen and oxygen atoms in total. The van der Waals surface area contributed by atoms with Crippen molar-refractivity contribution in [1.82, 2.24) is 10.9 Å². The number of amides is 2. The third-order valence-electron chi connectivity index (χ3n) is 4.88. The molecule has 0 saturated heterocycles. The van der Waals surface area contributed by atoms with Crippen LogP contribution in [0.1, 0.15) is 62.4 Å². The molecular weight excluding hydrogens is 460 g/mol. The van der Waals surface area contributed by atoms with Gasteiger partial charge in [0, 0.05) is 5.56 Å². The van der Waals surface area contributed by atoms with E-state index in [4.69, 9.17) is 9.47 Å². The maximum Gasteiger partial charge on any atom is 0.276 e. The highest BCUT2D eigenvalue weighted by Crippen LogP contribution is 2.28. The minimum atomic E-state index is -0.444. The number of halogens is 1. The lowest BCUT2D eigenvalue weighted by molar-refractivity contribution is -0.123. The summed E-state index contributed by atoms with van der Waals surface area (Å²) in [5, 5.41) is 0. The molecule has 0 aliphatic carbocycles. The van der Waals surface area contributed by atoms with E-state index in [1.807, 2.05) is 24.3 Å². The van der Waals surface area contributed by atoms with Crippen LogP contribution in [0, 0.1) is 5.92 Å². The summed E-state index contributed by atoms with van der Waals surface area (Å²) < 4.78 is 12.1. The SMILES string of the molecule is CCC(C)c1ccccc1OCC(=O)NNC(=O)c1ccc(OCCC(C)C)c(Br)c1. The summed E-state index contributed by atoms with van der Waals surface area (Å²) in [5.74, 6) is 1.36. The van der Waals surface area contributed by atoms with Crippen LogP contribution in [0.5, 0.6) is 11.5 Å². The summed E-state index contributed by atoms with van der Waals surface area (Å²) in [4.78, 5) is 24.5. The lowest BCUT2D eigenvalue weighted by atomic mass is 9.98. The van der Waals surface area contributed by atoms with Gasteiger partial charge in [-0.15, -0.1) is 0 Å². The van der Waals surface area contributed by atoms with Crippen molar-refractivity contribution in [1.29, 1.82) is 0 Å². The standard InChI is InChI=1S/C24H31BrN2O4/c1-5-17(4)19-8-6-7-9-21(19)31-15-23(28)26-27-24(29)18-10-11-22(20(25)14-18)30-13-12-16(2)3/h6-11,14,16-17H,5,12-13,15H2,1-4H3,(H,26,28)(H,27,29). The fraction of sp³-hybridized carbons (Fsp3) is 0.417. The number of carbonyl (C=O) groups is 2. The zero-order chi connectivity index (χ0) is 22.8. The molecule has 0 radical (unpaired) electrons. The average Bonchev–Trinajstić information content (AvgIpc) is 2.76. The third kappa shape index (κ3) is 7.90. The van der Waals surface area contributed by atoms with Crippen LogP contribution in [-0.2, 0) is 4.79 Å². The van der Waals surface area contributed by atoms with Crippen LogP contribution in [0.4, 0.5) is 0 Å². The molecule has 2 N–H and O–H groups in total. The Hall–Kier alpha value is -2.54. The number of ether oxygens (including phenoxy) is 2. The molecule has 0 heterocycles. The van der Waals surface area contributed by atoms with Gasteiger partial charge in [-0.25, -0.2) is 0 Å². The second-order valence-corrected chi connectivity index (χ2v) is 8.67. The van der Waals surface area contributed by atoms with Gasteiger partial charge < -0.3 is 9.47 Å². The van der Waals surface area contributed by atoms with Crippen molar-refractivity contribution in [3.05, 3.63) is 58.1 Å². The molecule has 168 valence electrons. The van der Waals surface area contributed by atoms with Crippen LogP contribution < -0.4 is 20.3 Å². The second kappa shape index (κ2) is 12.3. The van der Waals surface area contributed by atoms with Gasteiger partial charge in [-0.1, -0.05) is 45.9 Å². The molecule has 0 fully saturated rings. The highest BCUT2D eigenvalue weighted by atomic mass is 79.9. The second-order valence-electron chi connectivity index (χ2n) is 7.81. The van der Waals surface area contributed by atoms with Crippen molar-refractivity contribution in [3.8, 4) is 11.5 Å². The fourth-order valence-electron chi connectivity index (χ4n) is 2.78. The molecule has 0 saturated carbocycles. The molecule has 0 bridgehead atoms. The number of hydrogen-bond donors (Lipinski definition) is 2. The first-order valence-electron chi connectivity index (χ1n) is 10.5. The summed E-state index contributed by atoms with van der Waals surface area (Å²) >= 11 is 3.43. The van der Waals surface area contributed by atoms with E-state index in [0.717, 1.165) is 18.4 Å². The number of hydrogen-bond acceptors (Lipinski definition) is 4. The van der Waals surface area contributed by atoms with E-state index in [0.29, 0.717) is 40.0 Å². The van der Waals surface area contributed by atoms with Crippen LogP contribution >= 0.6 is 15.9 Å². The Morgan fingerprint density at radius 1 is 1.00 bits per heavy atom. The van der Waals surface area contributed by atoms with Crippen LogP contribution in [0.25, 0.3) is 0 Å². The van der Waals surface area contributed by atoms with Crippen LogP contribution in [0.3, 0.4) is 0 Å². The predicted molar refractivity (Wildman–Crippen MR) is 125 cm³/mol. The Morgan fingerprint density at radius 2 is 1.74 bits per heavy atom. The van der Waals surface area contributed by atoms with E-state index in [1.165, 1.54) is 0 Å². The number of hydrazine groups is 1. The van der Waals surface area contributed by atoms with Crippen molar-refractivity contribution in [3.63, 3.8) is 0 Å². The zero-order valence-corrected chi connectivity index (χ0v) is 20.1. The maximum atomic E-state index is 12.3. The number of carbonyl (C=O) groups excluding carboxylic acids is 2. The number of nitrogens with one attached hydrogen (secondary N) is 2. The summed E-state index contributed by atoms with van der Waals surface area (Å²) in [5.41, 5.74) is 6.25. The first kappa shape index (κ1) is 24.7. The van der Waals surface area contributed by atoms with Gasteiger partial charge in [0.05, 0.1) is 11.1 Å². The molecule has 31 heavy (non-hydrogen) atoms. The molecule has 1 unspecified atom stereocenters. The van der Waals surface area contributed by atoms with Gasteiger partial charge in [0.1, 0.15) is 11.5 Å². The normalized spacial score (nSPS) is 11.7. The lowest BCUT2D eigenvalue weighted by Crippen LogP contribution is -2.43. The molecule has 0 aliphatic rings. The molecule has 7 heteroatoms. The van der Waals surface area contributed by atoms with Gasteiger partial charge in [-0.05, 0) is 70.4 Å². The monoisotopic (exact) mass is 490 g/mol. The largest absolute Gasteiger partial charge is 0.492 e.